The van der Waals surface area contributed by atoms with Crippen molar-refractivity contribution in [2.24, 2.45) is 5.92 Å². The molecule has 1 aliphatic carbocycles. The maximum Gasteiger partial charge on any atom is 0.337 e. The average molecular weight is 269 g/mol. The van der Waals surface area contributed by atoms with Gasteiger partial charge in [-0.3, -0.25) is 0 Å². The summed E-state index contributed by atoms with van der Waals surface area (Å²) in [5.41, 5.74) is 1.60. The molecule has 0 bridgehead atoms. The zero-order valence-electron chi connectivity index (χ0n) is 11.6. The third-order valence-electron chi connectivity index (χ3n) is 3.93. The number of carboxylic acids is 1. The van der Waals surface area contributed by atoms with E-state index in [9.17, 15) is 4.79 Å². The second-order valence-corrected chi connectivity index (χ2v) is 5.40. The first kappa shape index (κ1) is 14.7. The SMILES string of the molecule is [B]Nc1cc(/C=C/CC2CCCCC2)ccc1C(=O)O. The Labute approximate surface area is 121 Å². The molecule has 1 aromatic carbocycles. The van der Waals surface area contributed by atoms with Crippen LogP contribution in [0.5, 0.6) is 0 Å². The van der Waals surface area contributed by atoms with Crippen LogP contribution in [-0.2, 0) is 0 Å². The van der Waals surface area contributed by atoms with Gasteiger partial charge in [-0.15, -0.1) is 0 Å². The molecule has 3 nitrogen and oxygen atoms in total. The lowest BCUT2D eigenvalue weighted by atomic mass is 9.87. The fourth-order valence-corrected chi connectivity index (χ4v) is 2.79. The minimum Gasteiger partial charge on any atom is -0.478 e. The number of carbonyl (C=O) groups is 1. The van der Waals surface area contributed by atoms with Gasteiger partial charge in [-0.25, -0.2) is 4.79 Å². The number of carboxylic acid groups (broad SMARTS) is 1. The van der Waals surface area contributed by atoms with E-state index in [1.165, 1.54) is 32.1 Å². The van der Waals surface area contributed by atoms with Gasteiger partial charge in [-0.2, -0.15) is 0 Å². The molecule has 0 unspecified atom stereocenters. The molecule has 2 rings (SSSR count). The van der Waals surface area contributed by atoms with Crippen LogP contribution in [0.2, 0.25) is 0 Å². The van der Waals surface area contributed by atoms with Crippen molar-refractivity contribution < 1.29 is 9.90 Å². The number of benzene rings is 1. The highest BCUT2D eigenvalue weighted by Gasteiger charge is 2.11. The molecule has 2 radical (unpaired) electrons. The molecule has 0 aliphatic heterocycles. The third kappa shape index (κ3) is 3.89. The van der Waals surface area contributed by atoms with E-state index in [2.05, 4.69) is 11.3 Å². The topological polar surface area (TPSA) is 49.3 Å². The Bertz CT molecular complexity index is 493. The first-order valence-corrected chi connectivity index (χ1v) is 7.21. The molecule has 2 N–H and O–H groups in total. The first-order valence-electron chi connectivity index (χ1n) is 7.21. The van der Waals surface area contributed by atoms with E-state index in [1.807, 2.05) is 12.1 Å². The highest BCUT2D eigenvalue weighted by molar-refractivity contribution is 6.17. The van der Waals surface area contributed by atoms with Crippen LogP contribution in [0.1, 0.15) is 54.4 Å². The zero-order chi connectivity index (χ0) is 14.4. The van der Waals surface area contributed by atoms with Gasteiger partial charge in [0.05, 0.1) is 5.56 Å². The maximum absolute atomic E-state index is 11.0. The first-order chi connectivity index (χ1) is 9.70. The highest BCUT2D eigenvalue weighted by atomic mass is 16.4. The van der Waals surface area contributed by atoms with Crippen LogP contribution in [0.25, 0.3) is 6.08 Å². The van der Waals surface area contributed by atoms with Gasteiger partial charge in [0, 0.05) is 5.69 Å². The van der Waals surface area contributed by atoms with Gasteiger partial charge >= 0.3 is 5.97 Å². The maximum atomic E-state index is 11.0. The Morgan fingerprint density at radius 2 is 2.10 bits per heavy atom. The van der Waals surface area contributed by atoms with Crippen molar-refractivity contribution in [1.29, 1.82) is 0 Å². The second kappa shape index (κ2) is 7.18. The summed E-state index contributed by atoms with van der Waals surface area (Å²) in [7, 11) is 5.37. The lowest BCUT2D eigenvalue weighted by Crippen LogP contribution is -2.04. The van der Waals surface area contributed by atoms with Crippen molar-refractivity contribution in [3.63, 3.8) is 0 Å². The van der Waals surface area contributed by atoms with Crippen molar-refractivity contribution >= 4 is 25.7 Å². The van der Waals surface area contributed by atoms with Crippen LogP contribution >= 0.6 is 0 Å². The summed E-state index contributed by atoms with van der Waals surface area (Å²) in [4.78, 5) is 11.0. The molecule has 1 aliphatic rings. The summed E-state index contributed by atoms with van der Waals surface area (Å²) in [5.74, 6) is -0.166. The molecule has 0 saturated heterocycles. The highest BCUT2D eigenvalue weighted by Crippen LogP contribution is 2.27. The van der Waals surface area contributed by atoms with Gasteiger partial charge in [0.2, 0.25) is 7.98 Å². The summed E-state index contributed by atoms with van der Waals surface area (Å²) in [6, 6.07) is 5.15. The summed E-state index contributed by atoms with van der Waals surface area (Å²) in [5, 5.41) is 11.5. The van der Waals surface area contributed by atoms with Gasteiger partial charge in [0.1, 0.15) is 0 Å². The summed E-state index contributed by atoms with van der Waals surface area (Å²) in [6.45, 7) is 0. The fraction of sp³-hybridized carbons (Fsp3) is 0.438. The molecule has 0 heterocycles. The Balaban J connectivity index is 2.00. The predicted octanol–water partition coefficient (Wildman–Crippen LogP) is 3.86. The average Bonchev–Trinajstić information content (AvgIpc) is 2.48. The molecule has 0 amide bonds. The molecule has 0 aromatic heterocycles. The van der Waals surface area contributed by atoms with Gasteiger partial charge in [-0.1, -0.05) is 50.3 Å². The molecule has 4 heteroatoms. The molecule has 104 valence electrons. The smallest absolute Gasteiger partial charge is 0.337 e. The molecule has 20 heavy (non-hydrogen) atoms. The predicted molar refractivity (Wildman–Crippen MR) is 83.0 cm³/mol. The molecular weight excluding hydrogens is 249 g/mol. The van der Waals surface area contributed by atoms with Gasteiger partial charge in [0.25, 0.3) is 0 Å². The summed E-state index contributed by atoms with van der Waals surface area (Å²) < 4.78 is 0. The Kier molecular flexibility index (Phi) is 5.27. The fourth-order valence-electron chi connectivity index (χ4n) is 2.79. The number of nitrogens with one attached hydrogen (secondary N) is 1. The Hall–Kier alpha value is -1.71. The monoisotopic (exact) mass is 269 g/mol. The number of aromatic carboxylic acids is 1. The van der Waals surface area contributed by atoms with Crippen LogP contribution in [-0.4, -0.2) is 19.1 Å². The van der Waals surface area contributed by atoms with E-state index in [1.54, 1.807) is 12.1 Å². The lowest BCUT2D eigenvalue weighted by Gasteiger charge is -2.19. The van der Waals surface area contributed by atoms with E-state index in [-0.39, 0.29) is 5.56 Å². The number of rotatable bonds is 5. The third-order valence-corrected chi connectivity index (χ3v) is 3.93. The quantitative estimate of drug-likeness (QED) is 0.798. The van der Waals surface area contributed by atoms with Crippen molar-refractivity contribution in [1.82, 2.24) is 0 Å². The van der Waals surface area contributed by atoms with Crippen LogP contribution in [0, 0.1) is 5.92 Å². The number of hydrogen-bond acceptors (Lipinski definition) is 2. The van der Waals surface area contributed by atoms with Crippen molar-refractivity contribution in [3.8, 4) is 0 Å². The number of hydrogen-bond donors (Lipinski definition) is 2. The van der Waals surface area contributed by atoms with Crippen LogP contribution < -0.4 is 5.23 Å². The minimum absolute atomic E-state index is 0.192. The molecule has 0 spiro atoms. The van der Waals surface area contributed by atoms with Gasteiger partial charge in [0.15, 0.2) is 0 Å². The van der Waals surface area contributed by atoms with E-state index in [0.29, 0.717) is 5.69 Å². The standard InChI is InChI=1S/C16H20BNO2/c17-18-15-11-13(9-10-14(15)16(19)20)8-4-7-12-5-2-1-3-6-12/h4,8-12,18H,1-3,5-7H2,(H,19,20)/b8-4+. The summed E-state index contributed by atoms with van der Waals surface area (Å²) in [6.07, 6.45) is 12.1. The Morgan fingerprint density at radius 3 is 2.75 bits per heavy atom. The normalized spacial score (nSPS) is 16.4. The van der Waals surface area contributed by atoms with Crippen LogP contribution in [0.3, 0.4) is 0 Å². The molecule has 0 atom stereocenters. The van der Waals surface area contributed by atoms with Crippen molar-refractivity contribution in [2.75, 3.05) is 5.23 Å². The zero-order valence-corrected chi connectivity index (χ0v) is 11.6. The molecule has 1 saturated carbocycles. The van der Waals surface area contributed by atoms with Gasteiger partial charge in [-0.05, 0) is 30.0 Å². The number of allylic oxidation sites excluding steroid dienone is 1. The molecular formula is C16H20BNO2. The number of anilines is 1. The van der Waals surface area contributed by atoms with E-state index >= 15 is 0 Å². The van der Waals surface area contributed by atoms with E-state index in [0.717, 1.165) is 17.9 Å². The van der Waals surface area contributed by atoms with Crippen molar-refractivity contribution in [3.05, 3.63) is 35.4 Å². The second-order valence-electron chi connectivity index (χ2n) is 5.40. The van der Waals surface area contributed by atoms with E-state index < -0.39 is 5.97 Å². The van der Waals surface area contributed by atoms with Crippen molar-refractivity contribution in [2.45, 2.75) is 38.5 Å². The van der Waals surface area contributed by atoms with Gasteiger partial charge < -0.3 is 10.3 Å². The minimum atomic E-state index is -0.976. The molecule has 1 fully saturated rings. The molecule has 1 aromatic rings. The largest absolute Gasteiger partial charge is 0.478 e. The van der Waals surface area contributed by atoms with Crippen LogP contribution in [0.15, 0.2) is 24.3 Å². The Morgan fingerprint density at radius 1 is 1.35 bits per heavy atom. The van der Waals surface area contributed by atoms with Crippen LogP contribution in [0.4, 0.5) is 5.69 Å². The lowest BCUT2D eigenvalue weighted by molar-refractivity contribution is 0.0698. The van der Waals surface area contributed by atoms with E-state index in [4.69, 9.17) is 13.1 Å². The summed E-state index contributed by atoms with van der Waals surface area (Å²) >= 11 is 0.